The van der Waals surface area contributed by atoms with Crippen molar-refractivity contribution in [2.75, 3.05) is 12.3 Å². The summed E-state index contributed by atoms with van der Waals surface area (Å²) in [6.07, 6.45) is 2.42. The Bertz CT molecular complexity index is 452. The van der Waals surface area contributed by atoms with Crippen LogP contribution in [0.25, 0.3) is 0 Å². The molecule has 19 heavy (non-hydrogen) atoms. The van der Waals surface area contributed by atoms with E-state index in [0.717, 1.165) is 16.0 Å². The monoisotopic (exact) mass is 316 g/mol. The first-order valence-electron chi connectivity index (χ1n) is 6.77. The SMILES string of the molecule is CCC1(CC)CN=C(NC(C)c2ccc(Cl)s2)SC1. The zero-order chi connectivity index (χ0) is 13.9. The van der Waals surface area contributed by atoms with Crippen LogP contribution in [0.15, 0.2) is 17.1 Å². The average molecular weight is 317 g/mol. The molecule has 2 rings (SSSR count). The summed E-state index contributed by atoms with van der Waals surface area (Å²) in [5.74, 6) is 1.17. The van der Waals surface area contributed by atoms with E-state index >= 15 is 0 Å². The van der Waals surface area contributed by atoms with Gasteiger partial charge < -0.3 is 5.32 Å². The van der Waals surface area contributed by atoms with Crippen LogP contribution in [0.4, 0.5) is 0 Å². The van der Waals surface area contributed by atoms with E-state index < -0.39 is 0 Å². The van der Waals surface area contributed by atoms with Crippen LogP contribution in [0.2, 0.25) is 4.34 Å². The lowest BCUT2D eigenvalue weighted by atomic mass is 9.84. The van der Waals surface area contributed by atoms with Gasteiger partial charge in [-0.25, -0.2) is 0 Å². The third-order valence-corrected chi connectivity index (χ3v) is 6.62. The number of thiophene rings is 1. The summed E-state index contributed by atoms with van der Waals surface area (Å²) in [7, 11) is 0. The number of thioether (sulfide) groups is 1. The van der Waals surface area contributed by atoms with Gasteiger partial charge in [0.15, 0.2) is 5.17 Å². The van der Waals surface area contributed by atoms with Gasteiger partial charge in [0, 0.05) is 17.2 Å². The molecule has 1 aromatic rings. The molecule has 1 aliphatic rings. The standard InChI is InChI=1S/C14H21ClN2S2/c1-4-14(5-2)8-16-13(18-9-14)17-10(3)11-6-7-12(15)19-11/h6-7,10H,4-5,8-9H2,1-3H3,(H,16,17). The van der Waals surface area contributed by atoms with Crippen LogP contribution in [-0.4, -0.2) is 17.5 Å². The van der Waals surface area contributed by atoms with Crippen LogP contribution < -0.4 is 5.32 Å². The number of halogens is 1. The summed E-state index contributed by atoms with van der Waals surface area (Å²) in [6.45, 7) is 7.66. The lowest BCUT2D eigenvalue weighted by Crippen LogP contribution is -2.35. The Labute approximate surface area is 129 Å². The van der Waals surface area contributed by atoms with Gasteiger partial charge in [-0.3, -0.25) is 4.99 Å². The fourth-order valence-electron chi connectivity index (χ4n) is 2.13. The fourth-order valence-corrected chi connectivity index (χ4v) is 4.56. The maximum Gasteiger partial charge on any atom is 0.157 e. The summed E-state index contributed by atoms with van der Waals surface area (Å²) >= 11 is 9.47. The lowest BCUT2D eigenvalue weighted by molar-refractivity contribution is 0.318. The molecule has 5 heteroatoms. The molecule has 1 unspecified atom stereocenters. The summed E-state index contributed by atoms with van der Waals surface area (Å²) in [4.78, 5) is 6.00. The highest BCUT2D eigenvalue weighted by Crippen LogP contribution is 2.35. The van der Waals surface area contributed by atoms with Gasteiger partial charge in [0.05, 0.1) is 10.4 Å². The number of nitrogens with zero attached hydrogens (tertiary/aromatic N) is 1. The lowest BCUT2D eigenvalue weighted by Gasteiger charge is -2.34. The molecule has 1 N–H and O–H groups in total. The molecule has 0 fully saturated rings. The van der Waals surface area contributed by atoms with Gasteiger partial charge in [-0.15, -0.1) is 11.3 Å². The molecule has 0 aromatic carbocycles. The second kappa shape index (κ2) is 6.51. The van der Waals surface area contributed by atoms with Gasteiger partial charge in [-0.05, 0) is 37.3 Å². The predicted octanol–water partition coefficient (Wildman–Crippen LogP) is 4.96. The summed E-state index contributed by atoms with van der Waals surface area (Å²) in [5.41, 5.74) is 0.408. The van der Waals surface area contributed by atoms with Crippen molar-refractivity contribution in [3.63, 3.8) is 0 Å². The van der Waals surface area contributed by atoms with E-state index in [0.29, 0.717) is 5.41 Å². The predicted molar refractivity (Wildman–Crippen MR) is 88.7 cm³/mol. The highest BCUT2D eigenvalue weighted by atomic mass is 35.5. The largest absolute Gasteiger partial charge is 0.358 e. The number of rotatable bonds is 4. The van der Waals surface area contributed by atoms with Crippen molar-refractivity contribution in [3.8, 4) is 0 Å². The van der Waals surface area contributed by atoms with Gasteiger partial charge in [0.25, 0.3) is 0 Å². The van der Waals surface area contributed by atoms with E-state index in [4.69, 9.17) is 16.6 Å². The van der Waals surface area contributed by atoms with Gasteiger partial charge >= 0.3 is 0 Å². The summed E-state index contributed by atoms with van der Waals surface area (Å²) < 4.78 is 0.845. The van der Waals surface area contributed by atoms with E-state index in [9.17, 15) is 0 Å². The maximum atomic E-state index is 5.98. The average Bonchev–Trinajstić information content (AvgIpc) is 2.87. The molecule has 2 heterocycles. The molecular weight excluding hydrogens is 296 g/mol. The van der Waals surface area contributed by atoms with Crippen molar-refractivity contribution in [1.29, 1.82) is 0 Å². The molecule has 0 saturated carbocycles. The Kier molecular flexibility index (Phi) is 5.21. The summed E-state index contributed by atoms with van der Waals surface area (Å²) in [6, 6.07) is 4.31. The highest BCUT2D eigenvalue weighted by molar-refractivity contribution is 8.13. The minimum atomic E-state index is 0.277. The molecule has 0 aliphatic carbocycles. The molecule has 1 aliphatic heterocycles. The van der Waals surface area contributed by atoms with E-state index in [-0.39, 0.29) is 6.04 Å². The van der Waals surface area contributed by atoms with Crippen LogP contribution in [0, 0.1) is 5.41 Å². The zero-order valence-electron chi connectivity index (χ0n) is 11.7. The highest BCUT2D eigenvalue weighted by Gasteiger charge is 2.30. The molecule has 0 radical (unpaired) electrons. The molecule has 1 aromatic heterocycles. The second-order valence-corrected chi connectivity index (χ2v) is 7.84. The van der Waals surface area contributed by atoms with Gasteiger partial charge in [0.2, 0.25) is 0 Å². The van der Waals surface area contributed by atoms with Crippen LogP contribution in [-0.2, 0) is 0 Å². The Morgan fingerprint density at radius 3 is 2.63 bits per heavy atom. The first-order valence-corrected chi connectivity index (χ1v) is 8.95. The number of amidine groups is 1. The Balaban J connectivity index is 1.96. The van der Waals surface area contributed by atoms with Crippen molar-refractivity contribution >= 4 is 39.9 Å². The molecule has 106 valence electrons. The Hall–Kier alpha value is -0.190. The van der Waals surface area contributed by atoms with E-state index in [1.165, 1.54) is 23.5 Å². The first-order chi connectivity index (χ1) is 9.08. The number of aliphatic imine (C=N–C) groups is 1. The third-order valence-electron chi connectivity index (χ3n) is 3.93. The Morgan fingerprint density at radius 1 is 1.42 bits per heavy atom. The Morgan fingerprint density at radius 2 is 2.16 bits per heavy atom. The number of hydrogen-bond acceptors (Lipinski definition) is 4. The fraction of sp³-hybridized carbons (Fsp3) is 0.643. The van der Waals surface area contributed by atoms with E-state index in [2.05, 4.69) is 32.2 Å². The molecular formula is C14H21ClN2S2. The zero-order valence-corrected chi connectivity index (χ0v) is 14.1. The van der Waals surface area contributed by atoms with Crippen molar-refractivity contribution in [2.45, 2.75) is 39.7 Å². The quantitative estimate of drug-likeness (QED) is 0.849. The molecule has 0 saturated heterocycles. The van der Waals surface area contributed by atoms with Crippen molar-refractivity contribution in [1.82, 2.24) is 5.32 Å². The van der Waals surface area contributed by atoms with Gasteiger partial charge in [0.1, 0.15) is 0 Å². The number of hydrogen-bond donors (Lipinski definition) is 1. The maximum absolute atomic E-state index is 5.98. The normalized spacial score (nSPS) is 19.9. The van der Waals surface area contributed by atoms with E-state index in [1.807, 2.05) is 17.8 Å². The van der Waals surface area contributed by atoms with Crippen LogP contribution in [0.1, 0.15) is 44.5 Å². The van der Waals surface area contributed by atoms with E-state index in [1.54, 1.807) is 11.3 Å². The molecule has 0 spiro atoms. The van der Waals surface area contributed by atoms with Crippen LogP contribution in [0.3, 0.4) is 0 Å². The van der Waals surface area contributed by atoms with Crippen molar-refractivity contribution in [2.24, 2.45) is 10.4 Å². The first kappa shape index (κ1) is 15.2. The summed E-state index contributed by atoms with van der Waals surface area (Å²) in [5, 5.41) is 4.58. The van der Waals surface area contributed by atoms with Gasteiger partial charge in [-0.2, -0.15) is 0 Å². The van der Waals surface area contributed by atoms with Crippen LogP contribution in [0.5, 0.6) is 0 Å². The topological polar surface area (TPSA) is 24.4 Å². The number of nitrogens with one attached hydrogen (secondary N) is 1. The molecule has 1 atom stereocenters. The van der Waals surface area contributed by atoms with Crippen LogP contribution >= 0.6 is 34.7 Å². The minimum absolute atomic E-state index is 0.277. The van der Waals surface area contributed by atoms with Gasteiger partial charge in [-0.1, -0.05) is 37.2 Å². The molecule has 2 nitrogen and oxygen atoms in total. The second-order valence-electron chi connectivity index (χ2n) is 5.13. The smallest absolute Gasteiger partial charge is 0.157 e. The van der Waals surface area contributed by atoms with Crippen molar-refractivity contribution in [3.05, 3.63) is 21.3 Å². The van der Waals surface area contributed by atoms with Crippen molar-refractivity contribution < 1.29 is 0 Å². The third kappa shape index (κ3) is 3.67. The minimum Gasteiger partial charge on any atom is -0.358 e. The molecule has 0 amide bonds. The molecule has 0 bridgehead atoms.